The first kappa shape index (κ1) is 55.1. The van der Waals surface area contributed by atoms with Gasteiger partial charge in [0.15, 0.2) is 5.82 Å². The van der Waals surface area contributed by atoms with E-state index in [1.165, 1.54) is 41.9 Å². The Balaban J connectivity index is 0.000000139. The molecule has 5 N–H and O–H groups in total. The monoisotopic (exact) mass is 1150 g/mol. The highest BCUT2D eigenvalue weighted by Gasteiger charge is 2.33. The number of hydrogen-bond donors (Lipinski definition) is 4. The zero-order chi connectivity index (χ0) is 58.5. The number of nitrogens with zero attached hydrogens (tertiary/aromatic N) is 18. The normalized spacial score (nSPS) is 11.0. The molecule has 0 saturated heterocycles. The van der Waals surface area contributed by atoms with Gasteiger partial charge in [-0.05, 0) is 68.3 Å². The zero-order valence-electron chi connectivity index (χ0n) is 43.1. The van der Waals surface area contributed by atoms with Gasteiger partial charge in [-0.15, -0.1) is 0 Å². The van der Waals surface area contributed by atoms with Crippen molar-refractivity contribution < 1.29 is 17.6 Å². The van der Waals surface area contributed by atoms with Crippen molar-refractivity contribution >= 4 is 96.6 Å². The second-order valence-electron chi connectivity index (χ2n) is 17.8. The van der Waals surface area contributed by atoms with Gasteiger partial charge in [0.1, 0.15) is 82.8 Å². The molecule has 9 heterocycles. The molecule has 22 nitrogen and oxygen atoms in total. The fourth-order valence-electron chi connectivity index (χ4n) is 8.45. The topological polar surface area (TPSA) is 303 Å². The third-order valence-electron chi connectivity index (χ3n) is 12.1. The minimum Gasteiger partial charge on any atom is -0.384 e. The summed E-state index contributed by atoms with van der Waals surface area (Å²) in [7, 11) is 0. The molecule has 28 heteroatoms. The molecule has 0 saturated carbocycles. The summed E-state index contributed by atoms with van der Waals surface area (Å²) in [4.78, 5) is 36.1. The van der Waals surface area contributed by atoms with Gasteiger partial charge in [-0.2, -0.15) is 44.3 Å². The summed E-state index contributed by atoms with van der Waals surface area (Å²) in [6.07, 6.45) is 8.77. The number of anilines is 7. The SMILES string of the molecule is Cc1cc(C#N)cc(C)c1-n1ncc2cnc(Nc3cc(N)ncn3)cc21.Cc1cc(Nc2cc3c(cn2)cnn3-c2c(Cl)cccc2C#N)ncn1.N#Cc1cc(F)c(-n2ncc3cnc(Nc4cc(C(F)(F)F)ncn4)cc32)c(Cl)c1. The van der Waals surface area contributed by atoms with Crippen LogP contribution in [0.3, 0.4) is 0 Å². The molecule has 0 unspecified atom stereocenters. The van der Waals surface area contributed by atoms with Gasteiger partial charge < -0.3 is 21.7 Å². The van der Waals surface area contributed by atoms with Crippen LogP contribution in [-0.4, -0.2) is 74.2 Å². The molecule has 408 valence electrons. The molecular formula is C55H36Cl2F4N22. The number of rotatable bonds is 9. The van der Waals surface area contributed by atoms with Crippen LogP contribution in [0.4, 0.5) is 58.3 Å². The summed E-state index contributed by atoms with van der Waals surface area (Å²) in [6.45, 7) is 5.83. The predicted octanol–water partition coefficient (Wildman–Crippen LogP) is 11.4. The highest BCUT2D eigenvalue weighted by molar-refractivity contribution is 6.33. The standard InChI is InChI=1S/C19H16N8.C18H8ClF4N7.C18H12ClN7/c1-11-3-13(7-20)4-12(2)19(11)27-15-5-17(22-8-14(15)9-25-27)26-18-6-16(21)23-10-24-18;19-11-1-9(5-24)2-12(20)17(11)30-13-3-15(25-6-10(13)7-28-30)29-16-4-14(18(21,22)23)26-8-27-16;1-11-5-16(23-10-22-11)25-17-6-15-13(8-21-17)9-24-26(15)18-12(7-20)3-2-4-14(18)19/h3-6,8-10H,1-2H3,(H3,21,22,23,24,26);1-4,6-8H,(H,25,26,27,29);2-6,8-10H,1H3,(H,21,22,23,25). The molecule has 0 bridgehead atoms. The third kappa shape index (κ3) is 12.0. The van der Waals surface area contributed by atoms with E-state index in [1.807, 2.05) is 55.8 Å². The van der Waals surface area contributed by atoms with E-state index in [4.69, 9.17) is 39.5 Å². The Bertz CT molecular complexity index is 4550. The van der Waals surface area contributed by atoms with Gasteiger partial charge in [-0.25, -0.2) is 63.3 Å². The molecular weight excluding hydrogens is 1120 g/mol. The summed E-state index contributed by atoms with van der Waals surface area (Å²) in [5.74, 6) is 2.05. The predicted molar refractivity (Wildman–Crippen MR) is 300 cm³/mol. The molecule has 12 rings (SSSR count). The van der Waals surface area contributed by atoms with Crippen LogP contribution in [0.2, 0.25) is 10.0 Å². The van der Waals surface area contributed by atoms with E-state index < -0.39 is 17.7 Å². The maximum Gasteiger partial charge on any atom is 0.433 e. The molecule has 0 radical (unpaired) electrons. The van der Waals surface area contributed by atoms with Gasteiger partial charge in [0, 0.05) is 76.8 Å². The van der Waals surface area contributed by atoms with Crippen molar-refractivity contribution in [3.05, 3.63) is 190 Å². The highest BCUT2D eigenvalue weighted by Crippen LogP contribution is 2.33. The quantitative estimate of drug-likeness (QED) is 0.0976. The number of benzene rings is 3. The number of pyridine rings is 3. The zero-order valence-corrected chi connectivity index (χ0v) is 44.6. The number of alkyl halides is 3. The van der Waals surface area contributed by atoms with E-state index in [0.717, 1.165) is 62.8 Å². The first-order chi connectivity index (χ1) is 40.0. The Morgan fingerprint density at radius 1 is 0.494 bits per heavy atom. The lowest BCUT2D eigenvalue weighted by atomic mass is 10.0. The van der Waals surface area contributed by atoms with E-state index in [1.54, 1.807) is 59.8 Å². The number of nitriles is 3. The number of nitrogen functional groups attached to an aromatic ring is 1. The Kier molecular flexibility index (Phi) is 15.4. The lowest BCUT2D eigenvalue weighted by Gasteiger charge is -2.12. The van der Waals surface area contributed by atoms with Gasteiger partial charge in [-0.1, -0.05) is 29.3 Å². The average Bonchev–Trinajstić information content (AvgIpc) is 4.39. The van der Waals surface area contributed by atoms with Crippen molar-refractivity contribution in [1.82, 2.24) is 74.2 Å². The van der Waals surface area contributed by atoms with Gasteiger partial charge in [0.25, 0.3) is 0 Å². The van der Waals surface area contributed by atoms with Crippen molar-refractivity contribution in [2.75, 3.05) is 21.7 Å². The van der Waals surface area contributed by atoms with Crippen molar-refractivity contribution in [3.8, 4) is 35.3 Å². The van der Waals surface area contributed by atoms with Gasteiger partial charge >= 0.3 is 6.18 Å². The van der Waals surface area contributed by atoms with Gasteiger partial charge in [0.2, 0.25) is 0 Å². The fourth-order valence-corrected chi connectivity index (χ4v) is 8.99. The lowest BCUT2D eigenvalue weighted by molar-refractivity contribution is -0.141. The van der Waals surface area contributed by atoms with Crippen molar-refractivity contribution in [1.29, 1.82) is 15.8 Å². The molecule has 0 aliphatic heterocycles. The van der Waals surface area contributed by atoms with Crippen LogP contribution < -0.4 is 21.7 Å². The summed E-state index contributed by atoms with van der Waals surface area (Å²) in [5, 5.41) is 52.1. The third-order valence-corrected chi connectivity index (χ3v) is 12.7. The maximum atomic E-state index is 14.5. The smallest absolute Gasteiger partial charge is 0.384 e. The summed E-state index contributed by atoms with van der Waals surface area (Å²) in [5.41, 5.74) is 12.0. The maximum absolute atomic E-state index is 14.5. The summed E-state index contributed by atoms with van der Waals surface area (Å²) < 4.78 is 57.8. The molecule has 0 atom stereocenters. The first-order valence-corrected chi connectivity index (χ1v) is 24.9. The number of aromatic nitrogens is 15. The van der Waals surface area contributed by atoms with Crippen LogP contribution in [0, 0.1) is 60.6 Å². The Morgan fingerprint density at radius 2 is 0.964 bits per heavy atom. The van der Waals surface area contributed by atoms with Crippen molar-refractivity contribution in [2.24, 2.45) is 0 Å². The van der Waals surface area contributed by atoms with E-state index in [-0.39, 0.29) is 27.9 Å². The molecule has 3 aromatic carbocycles. The Morgan fingerprint density at radius 3 is 1.46 bits per heavy atom. The van der Waals surface area contributed by atoms with Crippen molar-refractivity contribution in [2.45, 2.75) is 26.9 Å². The van der Waals surface area contributed by atoms with Crippen LogP contribution in [0.1, 0.15) is 39.2 Å². The molecule has 0 spiro atoms. The minimum atomic E-state index is -4.63. The van der Waals surface area contributed by atoms with Crippen molar-refractivity contribution in [3.63, 3.8) is 0 Å². The van der Waals surface area contributed by atoms with Gasteiger partial charge in [0.05, 0.1) is 79.7 Å². The number of aryl methyl sites for hydroxylation is 3. The second-order valence-corrected chi connectivity index (χ2v) is 18.6. The number of para-hydroxylation sites is 1. The Labute approximate surface area is 476 Å². The molecule has 0 amide bonds. The average molecular weight is 1150 g/mol. The van der Waals surface area contributed by atoms with Crippen LogP contribution in [0.5, 0.6) is 0 Å². The first-order valence-electron chi connectivity index (χ1n) is 24.1. The lowest BCUT2D eigenvalue weighted by Crippen LogP contribution is -2.09. The van der Waals surface area contributed by atoms with Crippen LogP contribution in [0.25, 0.3) is 49.8 Å². The fraction of sp³-hybridized carbons (Fsp3) is 0.0727. The second kappa shape index (κ2) is 23.2. The molecule has 83 heavy (non-hydrogen) atoms. The van der Waals surface area contributed by atoms with E-state index in [2.05, 4.69) is 88.2 Å². The van der Waals surface area contributed by atoms with E-state index >= 15 is 0 Å². The number of nitrogens with two attached hydrogens (primary N) is 1. The molecule has 12 aromatic rings. The van der Waals surface area contributed by atoms with Crippen LogP contribution in [-0.2, 0) is 6.18 Å². The van der Waals surface area contributed by atoms with E-state index in [9.17, 15) is 22.8 Å². The molecule has 0 fully saturated rings. The number of hydrogen-bond acceptors (Lipinski definition) is 19. The summed E-state index contributed by atoms with van der Waals surface area (Å²) in [6, 6.07) is 26.8. The van der Waals surface area contributed by atoms with E-state index in [0.29, 0.717) is 61.8 Å². The van der Waals surface area contributed by atoms with Crippen LogP contribution in [0.15, 0.2) is 135 Å². The number of fused-ring (bicyclic) bond motifs is 3. The van der Waals surface area contributed by atoms with Crippen LogP contribution >= 0.6 is 23.2 Å². The Hall–Kier alpha value is -11.3. The molecule has 0 aliphatic carbocycles. The molecule has 0 aliphatic rings. The number of nitrogens with one attached hydrogen (secondary N) is 3. The summed E-state index contributed by atoms with van der Waals surface area (Å²) >= 11 is 12.5. The molecule has 9 aromatic heterocycles. The number of halogens is 6. The largest absolute Gasteiger partial charge is 0.433 e. The highest BCUT2D eigenvalue weighted by atomic mass is 35.5. The van der Waals surface area contributed by atoms with Gasteiger partial charge in [-0.3, -0.25) is 0 Å². The minimum absolute atomic E-state index is 0.0338.